The lowest BCUT2D eigenvalue weighted by Gasteiger charge is -2.11. The molecule has 85 valence electrons. The zero-order valence-corrected chi connectivity index (χ0v) is 11.0. The van der Waals surface area contributed by atoms with Crippen molar-refractivity contribution in [1.29, 1.82) is 0 Å². The molecule has 0 aliphatic heterocycles. The van der Waals surface area contributed by atoms with Gasteiger partial charge in [-0.3, -0.25) is 4.79 Å². The lowest BCUT2D eigenvalue weighted by Crippen LogP contribution is -2.34. The molecule has 0 unspecified atom stereocenters. The minimum atomic E-state index is -0.463. The lowest BCUT2D eigenvalue weighted by molar-refractivity contribution is -0.118. The van der Waals surface area contributed by atoms with Gasteiger partial charge in [0.2, 0.25) is 0 Å². The Morgan fingerprint density at radius 2 is 1.89 bits per heavy atom. The maximum atomic E-state index is 11.1. The number of carbonyl (C=O) groups is 1. The smallest absolute Gasteiger partial charge is 0.147 e. The molecule has 2 nitrogen and oxygen atoms in total. The topological polar surface area (TPSA) is 29.1 Å². The number of nitrogens with one attached hydrogen (secondary N) is 1. The van der Waals surface area contributed by atoms with Crippen LogP contribution in [0.2, 0.25) is 0 Å². The number of rotatable bonds is 5. The third-order valence-electron chi connectivity index (χ3n) is 2.34. The fraction of sp³-hybridized carbons (Fsp3) is 0.364. The van der Waals surface area contributed by atoms with Crippen LogP contribution in [-0.4, -0.2) is 55.5 Å². The third-order valence-corrected chi connectivity index (χ3v) is 2.34. The van der Waals surface area contributed by atoms with Crippen molar-refractivity contribution in [3.63, 3.8) is 0 Å². The highest BCUT2D eigenvalue weighted by molar-refractivity contribution is 7.60. The molecule has 0 heterocycles. The monoisotopic (exact) mass is 232 g/mol. The molecule has 1 aromatic rings. The Hall–Kier alpha value is -0.825. The average molecular weight is 231 g/mol. The van der Waals surface area contributed by atoms with E-state index in [-0.39, 0.29) is 11.8 Å². The molecule has 0 saturated heterocycles. The molecular weight excluding hydrogens is 216 g/mol. The summed E-state index contributed by atoms with van der Waals surface area (Å²) >= 11 is 0. The second-order valence-corrected chi connectivity index (χ2v) is 3.91. The molecule has 1 rings (SSSR count). The van der Waals surface area contributed by atoms with Crippen LogP contribution in [0.1, 0.15) is 12.5 Å². The van der Waals surface area contributed by atoms with Crippen LogP contribution >= 0.6 is 0 Å². The summed E-state index contributed by atoms with van der Waals surface area (Å²) in [7, 11) is 17.6. The predicted octanol–water partition coefficient (Wildman–Crippen LogP) is -0.498. The van der Waals surface area contributed by atoms with E-state index in [1.807, 2.05) is 37.4 Å². The van der Waals surface area contributed by atoms with Crippen molar-refractivity contribution in [3.8, 4) is 0 Å². The quantitative estimate of drug-likeness (QED) is 0.692. The van der Waals surface area contributed by atoms with Gasteiger partial charge in [0.15, 0.2) is 0 Å². The van der Waals surface area contributed by atoms with Gasteiger partial charge in [0.25, 0.3) is 0 Å². The number of carbonyl (C=O) groups excluding carboxylic acids is 1. The molecule has 7 radical (unpaired) electrons. The summed E-state index contributed by atoms with van der Waals surface area (Å²) in [6, 6.07) is 9.97. The normalized spacial score (nSPS) is 10.8. The number of benzene rings is 1. The van der Waals surface area contributed by atoms with Gasteiger partial charge in [0.05, 0.1) is 6.04 Å². The second kappa shape index (κ2) is 10.1. The molecule has 0 bridgehead atoms. The van der Waals surface area contributed by atoms with E-state index in [1.54, 1.807) is 6.92 Å². The van der Waals surface area contributed by atoms with Crippen molar-refractivity contribution < 1.29 is 4.79 Å². The molecule has 1 aromatic carbocycles. The van der Waals surface area contributed by atoms with Gasteiger partial charge >= 0.3 is 0 Å². The molecule has 0 amide bonds. The summed E-state index contributed by atoms with van der Waals surface area (Å²) in [5.41, 5.74) is 1.19. The Labute approximate surface area is 115 Å². The van der Waals surface area contributed by atoms with E-state index in [1.165, 1.54) is 12.6 Å². The lowest BCUT2D eigenvalue weighted by atomic mass is 8.97. The van der Waals surface area contributed by atoms with Crippen LogP contribution < -0.4 is 5.32 Å². The molecule has 7 heteroatoms. The first kappa shape index (κ1) is 17.2. The standard InChI is InChI=1S/C11H15NO.B5/c1-9(13)11(12-2)8-10-6-4-3-5-7-10;1-4-5(2)3/h3-7,11-12H,8H2,1-2H3;/t11-;/m0./s1. The highest BCUT2D eigenvalue weighted by Gasteiger charge is 2.11. The maximum Gasteiger partial charge on any atom is 0.147 e. The molecule has 1 N–H and O–H groups in total. The van der Waals surface area contributed by atoms with Crippen LogP contribution in [0.3, 0.4) is 0 Å². The Morgan fingerprint density at radius 3 is 2.22 bits per heavy atom. The molecular formula is C11H15B5NO. The van der Waals surface area contributed by atoms with Crippen LogP contribution in [-0.2, 0) is 11.2 Å². The highest BCUT2D eigenvalue weighted by Crippen LogP contribution is 2.03. The largest absolute Gasteiger partial charge is 0.310 e. The SMILES string of the molecule is CN[C@@H](Cc1ccccc1)C(C)=O.[B][B]B([B])[B]. The van der Waals surface area contributed by atoms with Crippen molar-refractivity contribution in [2.45, 2.75) is 19.4 Å². The summed E-state index contributed by atoms with van der Waals surface area (Å²) in [6.07, 6.45) is 0.308. The highest BCUT2D eigenvalue weighted by atomic mass is 16.1. The van der Waals surface area contributed by atoms with E-state index < -0.39 is 6.39 Å². The van der Waals surface area contributed by atoms with Gasteiger partial charge in [-0.25, -0.2) is 0 Å². The molecule has 1 atom stereocenters. The van der Waals surface area contributed by atoms with E-state index in [2.05, 4.69) is 5.32 Å². The minimum absolute atomic E-state index is 0.0533. The molecule has 0 saturated carbocycles. The summed E-state index contributed by atoms with van der Waals surface area (Å²) in [5, 5.41) is 3.00. The summed E-state index contributed by atoms with van der Waals surface area (Å²) in [6.45, 7) is 1.62. The Balaban J connectivity index is 0.000000494. The van der Waals surface area contributed by atoms with Crippen LogP contribution in [0.4, 0.5) is 0 Å². The van der Waals surface area contributed by atoms with Crippen molar-refractivity contribution in [1.82, 2.24) is 5.32 Å². The van der Waals surface area contributed by atoms with E-state index >= 15 is 0 Å². The number of likely N-dealkylation sites (N-methyl/N-ethyl adjacent to an activating group) is 1. The van der Waals surface area contributed by atoms with Crippen molar-refractivity contribution in [3.05, 3.63) is 35.9 Å². The third kappa shape index (κ3) is 8.29. The Kier molecular flexibility index (Phi) is 9.67. The molecule has 0 aliphatic rings. The maximum absolute atomic E-state index is 11.1. The second-order valence-electron chi connectivity index (χ2n) is 3.91. The Bertz CT molecular complexity index is 333. The molecule has 0 aromatic heterocycles. The van der Waals surface area contributed by atoms with Crippen molar-refractivity contribution >= 4 is 42.4 Å². The molecule has 0 fully saturated rings. The average Bonchev–Trinajstić information content (AvgIpc) is 2.37. The van der Waals surface area contributed by atoms with Gasteiger partial charge in [-0.05, 0) is 26.0 Å². The molecule has 0 spiro atoms. The zero-order chi connectivity index (χ0) is 14.0. The molecule has 0 aliphatic carbocycles. The number of Topliss-reactive ketones (excluding diaryl/α,β-unsaturated/α-hetero) is 1. The van der Waals surface area contributed by atoms with Gasteiger partial charge in [-0.1, -0.05) is 30.3 Å². The summed E-state index contributed by atoms with van der Waals surface area (Å²) < 4.78 is 0. The first-order valence-corrected chi connectivity index (χ1v) is 5.79. The number of hydrogen-bond acceptors (Lipinski definition) is 2. The van der Waals surface area contributed by atoms with Gasteiger partial charge in [-0.2, -0.15) is 0 Å². The first-order valence-electron chi connectivity index (χ1n) is 5.79. The zero-order valence-electron chi connectivity index (χ0n) is 11.0. The van der Waals surface area contributed by atoms with Crippen LogP contribution in [0, 0.1) is 0 Å². The summed E-state index contributed by atoms with van der Waals surface area (Å²) in [5.74, 6) is 0.186. The first-order chi connectivity index (χ1) is 8.51. The van der Waals surface area contributed by atoms with E-state index in [9.17, 15) is 4.79 Å². The van der Waals surface area contributed by atoms with E-state index in [0.717, 1.165) is 6.42 Å². The van der Waals surface area contributed by atoms with Crippen molar-refractivity contribution in [2.75, 3.05) is 7.05 Å². The van der Waals surface area contributed by atoms with Gasteiger partial charge in [-0.15, -0.1) is 0 Å². The molecule has 18 heavy (non-hydrogen) atoms. The van der Waals surface area contributed by atoms with Crippen LogP contribution in [0.15, 0.2) is 30.3 Å². The number of hydrogen-bond donors (Lipinski definition) is 1. The van der Waals surface area contributed by atoms with Gasteiger partial charge in [0.1, 0.15) is 5.78 Å². The van der Waals surface area contributed by atoms with Crippen molar-refractivity contribution in [2.24, 2.45) is 0 Å². The van der Waals surface area contributed by atoms with E-state index in [0.29, 0.717) is 0 Å². The Morgan fingerprint density at radius 1 is 1.39 bits per heavy atom. The number of ketones is 1. The fourth-order valence-electron chi connectivity index (χ4n) is 1.30. The fourth-order valence-corrected chi connectivity index (χ4v) is 1.30. The van der Waals surface area contributed by atoms with Gasteiger partial charge in [0, 0.05) is 36.7 Å². The minimum Gasteiger partial charge on any atom is -0.310 e. The van der Waals surface area contributed by atoms with E-state index in [4.69, 9.17) is 23.2 Å². The van der Waals surface area contributed by atoms with Crippen LogP contribution in [0.25, 0.3) is 0 Å². The van der Waals surface area contributed by atoms with Crippen LogP contribution in [0.5, 0.6) is 0 Å². The predicted molar refractivity (Wildman–Crippen MR) is 82.4 cm³/mol. The summed E-state index contributed by atoms with van der Waals surface area (Å²) in [4.78, 5) is 11.1. The van der Waals surface area contributed by atoms with Gasteiger partial charge < -0.3 is 5.32 Å².